The number of cyclic esters (lactones) is 1. The van der Waals surface area contributed by atoms with Crippen LogP contribution in [0.2, 0.25) is 0 Å². The third kappa shape index (κ3) is 2.65. The molecule has 0 spiro atoms. The predicted molar refractivity (Wildman–Crippen MR) is 61.1 cm³/mol. The Kier molecular flexibility index (Phi) is 3.66. The van der Waals surface area contributed by atoms with Crippen LogP contribution in [0.3, 0.4) is 0 Å². The molecule has 2 rings (SSSR count). The van der Waals surface area contributed by atoms with E-state index in [4.69, 9.17) is 10.5 Å². The van der Waals surface area contributed by atoms with E-state index < -0.39 is 0 Å². The Labute approximate surface area is 96.3 Å². The Morgan fingerprint density at radius 3 is 3.06 bits per heavy atom. The maximum absolute atomic E-state index is 10.9. The highest BCUT2D eigenvalue weighted by Crippen LogP contribution is 2.20. The summed E-state index contributed by atoms with van der Waals surface area (Å²) in [4.78, 5) is 13.3. The molecule has 92 valence electrons. The SMILES string of the molecule is CC(N)C1CCCCN1CC1CNC(=O)O1. The fourth-order valence-electron chi connectivity index (χ4n) is 2.63. The monoisotopic (exact) mass is 227 g/mol. The minimum absolute atomic E-state index is 0.00755. The van der Waals surface area contributed by atoms with Crippen LogP contribution in [0.1, 0.15) is 26.2 Å². The fraction of sp³-hybridized carbons (Fsp3) is 0.909. The first-order chi connectivity index (χ1) is 7.66. The number of amides is 1. The number of hydrogen-bond donors (Lipinski definition) is 2. The van der Waals surface area contributed by atoms with Gasteiger partial charge >= 0.3 is 6.09 Å². The van der Waals surface area contributed by atoms with Crippen molar-refractivity contribution in [1.29, 1.82) is 0 Å². The summed E-state index contributed by atoms with van der Waals surface area (Å²) >= 11 is 0. The summed E-state index contributed by atoms with van der Waals surface area (Å²) in [7, 11) is 0. The van der Waals surface area contributed by atoms with Crippen LogP contribution in [0.25, 0.3) is 0 Å². The summed E-state index contributed by atoms with van der Waals surface area (Å²) in [5, 5.41) is 2.68. The molecule has 0 radical (unpaired) electrons. The Morgan fingerprint density at radius 1 is 1.62 bits per heavy atom. The van der Waals surface area contributed by atoms with Crippen LogP contribution in [0.15, 0.2) is 0 Å². The van der Waals surface area contributed by atoms with Crippen molar-refractivity contribution in [2.75, 3.05) is 19.6 Å². The van der Waals surface area contributed by atoms with Crippen LogP contribution in [-0.2, 0) is 4.74 Å². The second-order valence-corrected chi connectivity index (χ2v) is 4.83. The molecule has 5 nitrogen and oxygen atoms in total. The molecule has 2 saturated heterocycles. The van der Waals surface area contributed by atoms with Gasteiger partial charge in [-0.15, -0.1) is 0 Å². The van der Waals surface area contributed by atoms with Crippen LogP contribution < -0.4 is 11.1 Å². The van der Waals surface area contributed by atoms with Gasteiger partial charge in [-0.2, -0.15) is 0 Å². The van der Waals surface area contributed by atoms with E-state index in [-0.39, 0.29) is 18.2 Å². The Morgan fingerprint density at radius 2 is 2.44 bits per heavy atom. The summed E-state index contributed by atoms with van der Waals surface area (Å²) in [5.41, 5.74) is 5.99. The zero-order valence-electron chi connectivity index (χ0n) is 9.82. The van der Waals surface area contributed by atoms with E-state index in [1.807, 2.05) is 0 Å². The number of carbonyl (C=O) groups is 1. The number of alkyl carbamates (subject to hydrolysis) is 1. The molecule has 2 aliphatic heterocycles. The molecule has 3 unspecified atom stereocenters. The molecule has 5 heteroatoms. The number of rotatable bonds is 3. The first-order valence-corrected chi connectivity index (χ1v) is 6.11. The van der Waals surface area contributed by atoms with E-state index in [0.717, 1.165) is 19.5 Å². The Balaban J connectivity index is 1.88. The van der Waals surface area contributed by atoms with Crippen LogP contribution in [0.5, 0.6) is 0 Å². The topological polar surface area (TPSA) is 67.6 Å². The smallest absolute Gasteiger partial charge is 0.407 e. The fourth-order valence-corrected chi connectivity index (χ4v) is 2.63. The molecule has 16 heavy (non-hydrogen) atoms. The molecule has 2 heterocycles. The molecule has 3 atom stereocenters. The van der Waals surface area contributed by atoms with Gasteiger partial charge in [-0.3, -0.25) is 4.90 Å². The number of hydrogen-bond acceptors (Lipinski definition) is 4. The van der Waals surface area contributed by atoms with E-state index >= 15 is 0 Å². The zero-order valence-corrected chi connectivity index (χ0v) is 9.82. The minimum atomic E-state index is -0.292. The van der Waals surface area contributed by atoms with Crippen LogP contribution in [0, 0.1) is 0 Å². The van der Waals surface area contributed by atoms with Crippen molar-refractivity contribution in [3.63, 3.8) is 0 Å². The molecule has 2 fully saturated rings. The molecule has 2 aliphatic rings. The van der Waals surface area contributed by atoms with Crippen molar-refractivity contribution in [3.05, 3.63) is 0 Å². The largest absolute Gasteiger partial charge is 0.443 e. The standard InChI is InChI=1S/C11H21N3O2/c1-8(12)10-4-2-3-5-14(10)7-9-6-13-11(15)16-9/h8-10H,2-7,12H2,1H3,(H,13,15). The summed E-state index contributed by atoms with van der Waals surface area (Å²) < 4.78 is 5.16. The number of likely N-dealkylation sites (tertiary alicyclic amines) is 1. The first-order valence-electron chi connectivity index (χ1n) is 6.11. The quantitative estimate of drug-likeness (QED) is 0.727. The predicted octanol–water partition coefficient (Wildman–Crippen LogP) is 0.297. The third-order valence-corrected chi connectivity index (χ3v) is 3.46. The van der Waals surface area contributed by atoms with Crippen LogP contribution in [-0.4, -0.2) is 48.8 Å². The lowest BCUT2D eigenvalue weighted by atomic mass is 9.96. The van der Waals surface area contributed by atoms with Gasteiger partial charge in [-0.1, -0.05) is 6.42 Å². The number of ether oxygens (including phenoxy) is 1. The van der Waals surface area contributed by atoms with Gasteiger partial charge in [0, 0.05) is 18.6 Å². The molecular formula is C11H21N3O2. The maximum atomic E-state index is 10.9. The number of nitrogens with zero attached hydrogens (tertiary/aromatic N) is 1. The van der Waals surface area contributed by atoms with Crippen molar-refractivity contribution >= 4 is 6.09 Å². The molecule has 0 bridgehead atoms. The second-order valence-electron chi connectivity index (χ2n) is 4.83. The highest BCUT2D eigenvalue weighted by atomic mass is 16.6. The van der Waals surface area contributed by atoms with Gasteiger partial charge in [0.05, 0.1) is 6.54 Å². The van der Waals surface area contributed by atoms with E-state index in [0.29, 0.717) is 12.6 Å². The van der Waals surface area contributed by atoms with Gasteiger partial charge in [0.1, 0.15) is 6.10 Å². The van der Waals surface area contributed by atoms with Gasteiger partial charge < -0.3 is 15.8 Å². The number of piperidine rings is 1. The highest BCUT2D eigenvalue weighted by Gasteiger charge is 2.30. The van der Waals surface area contributed by atoms with Gasteiger partial charge in [-0.05, 0) is 26.3 Å². The summed E-state index contributed by atoms with van der Waals surface area (Å²) in [6, 6.07) is 0.624. The van der Waals surface area contributed by atoms with Crippen molar-refractivity contribution < 1.29 is 9.53 Å². The van der Waals surface area contributed by atoms with Crippen molar-refractivity contribution in [3.8, 4) is 0 Å². The van der Waals surface area contributed by atoms with E-state index in [1.165, 1.54) is 12.8 Å². The second kappa shape index (κ2) is 5.01. The maximum Gasteiger partial charge on any atom is 0.407 e. The molecular weight excluding hydrogens is 206 g/mol. The Bertz CT molecular complexity index is 258. The molecule has 0 saturated carbocycles. The lowest BCUT2D eigenvalue weighted by molar-refractivity contribution is 0.0657. The molecule has 0 aliphatic carbocycles. The Hall–Kier alpha value is -0.810. The summed E-state index contributed by atoms with van der Waals surface area (Å²) in [6.07, 6.45) is 3.33. The van der Waals surface area contributed by atoms with E-state index in [9.17, 15) is 4.79 Å². The molecule has 0 aromatic carbocycles. The van der Waals surface area contributed by atoms with Crippen molar-refractivity contribution in [2.24, 2.45) is 5.73 Å². The van der Waals surface area contributed by atoms with Crippen LogP contribution >= 0.6 is 0 Å². The van der Waals surface area contributed by atoms with Crippen LogP contribution in [0.4, 0.5) is 4.79 Å². The zero-order chi connectivity index (χ0) is 11.5. The normalized spacial score (nSPS) is 33.2. The average molecular weight is 227 g/mol. The highest BCUT2D eigenvalue weighted by molar-refractivity contribution is 5.69. The van der Waals surface area contributed by atoms with E-state index in [2.05, 4.69) is 17.1 Å². The van der Waals surface area contributed by atoms with Crippen molar-refractivity contribution in [2.45, 2.75) is 44.4 Å². The number of nitrogens with two attached hydrogens (primary N) is 1. The van der Waals surface area contributed by atoms with Gasteiger partial charge in [0.15, 0.2) is 0 Å². The molecule has 3 N–H and O–H groups in total. The average Bonchev–Trinajstić information content (AvgIpc) is 2.64. The molecule has 1 amide bonds. The van der Waals surface area contributed by atoms with Gasteiger partial charge in [0.2, 0.25) is 0 Å². The van der Waals surface area contributed by atoms with Crippen molar-refractivity contribution in [1.82, 2.24) is 10.2 Å². The lowest BCUT2D eigenvalue weighted by Crippen LogP contribution is -2.51. The van der Waals surface area contributed by atoms with E-state index in [1.54, 1.807) is 0 Å². The lowest BCUT2D eigenvalue weighted by Gasteiger charge is -2.38. The van der Waals surface area contributed by atoms with Gasteiger partial charge in [0.25, 0.3) is 0 Å². The third-order valence-electron chi connectivity index (χ3n) is 3.46. The first kappa shape index (κ1) is 11.7. The number of carbonyl (C=O) groups excluding carboxylic acids is 1. The number of nitrogens with one attached hydrogen (secondary N) is 1. The molecule has 0 aromatic rings. The molecule has 0 aromatic heterocycles. The summed E-state index contributed by atoms with van der Waals surface area (Å²) in [6.45, 7) is 4.56. The minimum Gasteiger partial charge on any atom is -0.443 e. The summed E-state index contributed by atoms with van der Waals surface area (Å²) in [5.74, 6) is 0. The van der Waals surface area contributed by atoms with Gasteiger partial charge in [-0.25, -0.2) is 4.79 Å².